The highest BCUT2D eigenvalue weighted by Crippen LogP contribution is 2.11. The van der Waals surface area contributed by atoms with Gasteiger partial charge in [0.25, 0.3) is 0 Å². The maximum Gasteiger partial charge on any atom is 0.237 e. The van der Waals surface area contributed by atoms with E-state index in [-0.39, 0.29) is 5.91 Å². The highest BCUT2D eigenvalue weighted by Gasteiger charge is 2.11. The number of hydrogen-bond acceptors (Lipinski definition) is 2. The van der Waals surface area contributed by atoms with Crippen LogP contribution in [0.5, 0.6) is 0 Å². The van der Waals surface area contributed by atoms with E-state index in [2.05, 4.69) is 21.2 Å². The minimum atomic E-state index is -0.471. The minimum Gasteiger partial charge on any atom is -0.358 e. The molecule has 1 atom stereocenters. The summed E-state index contributed by atoms with van der Waals surface area (Å²) in [5.41, 5.74) is 6.73. The number of rotatable bonds is 3. The van der Waals surface area contributed by atoms with Crippen LogP contribution in [0.2, 0.25) is 0 Å². The summed E-state index contributed by atoms with van der Waals surface area (Å²) in [5.74, 6) is -0.132. The molecule has 0 aliphatic heterocycles. The zero-order valence-corrected chi connectivity index (χ0v) is 9.54. The third-order valence-electron chi connectivity index (χ3n) is 1.95. The first-order valence-corrected chi connectivity index (χ1v) is 5.14. The van der Waals surface area contributed by atoms with Gasteiger partial charge in [-0.3, -0.25) is 4.79 Å². The molecule has 3 N–H and O–H groups in total. The summed E-state index contributed by atoms with van der Waals surface area (Å²) >= 11 is 3.34. The zero-order chi connectivity index (χ0) is 10.6. The minimum absolute atomic E-state index is 0.132. The number of nitrogens with two attached hydrogens (primary N) is 1. The molecule has 0 saturated heterocycles. The van der Waals surface area contributed by atoms with Crippen molar-refractivity contribution in [2.45, 2.75) is 12.5 Å². The first kappa shape index (κ1) is 11.2. The van der Waals surface area contributed by atoms with Gasteiger partial charge in [0.2, 0.25) is 5.91 Å². The van der Waals surface area contributed by atoms with Gasteiger partial charge >= 0.3 is 0 Å². The molecular formula is C10H13BrN2O. The average molecular weight is 257 g/mol. The van der Waals surface area contributed by atoms with Crippen molar-refractivity contribution < 1.29 is 4.79 Å². The van der Waals surface area contributed by atoms with Crippen LogP contribution in [0, 0.1) is 0 Å². The van der Waals surface area contributed by atoms with Crippen LogP contribution < -0.4 is 11.1 Å². The second kappa shape index (κ2) is 5.12. The Morgan fingerprint density at radius 3 is 2.57 bits per heavy atom. The molecule has 76 valence electrons. The summed E-state index contributed by atoms with van der Waals surface area (Å²) < 4.78 is 1.02. The molecule has 3 nitrogen and oxygen atoms in total. The first-order valence-electron chi connectivity index (χ1n) is 4.35. The number of carbonyl (C=O) groups is 1. The van der Waals surface area contributed by atoms with E-state index < -0.39 is 6.04 Å². The highest BCUT2D eigenvalue weighted by molar-refractivity contribution is 9.10. The molecule has 4 heteroatoms. The van der Waals surface area contributed by atoms with Crippen molar-refractivity contribution in [2.24, 2.45) is 5.73 Å². The Morgan fingerprint density at radius 1 is 1.50 bits per heavy atom. The molecule has 1 rings (SSSR count). The van der Waals surface area contributed by atoms with Crippen LogP contribution in [-0.4, -0.2) is 19.0 Å². The summed E-state index contributed by atoms with van der Waals surface area (Å²) in [7, 11) is 1.59. The normalized spacial score (nSPS) is 12.2. The van der Waals surface area contributed by atoms with Crippen LogP contribution in [0.15, 0.2) is 28.7 Å². The third kappa shape index (κ3) is 3.12. The van der Waals surface area contributed by atoms with Crippen molar-refractivity contribution in [2.75, 3.05) is 7.05 Å². The van der Waals surface area contributed by atoms with Gasteiger partial charge in [-0.1, -0.05) is 28.1 Å². The van der Waals surface area contributed by atoms with Gasteiger partial charge in [0.1, 0.15) is 0 Å². The van der Waals surface area contributed by atoms with E-state index in [4.69, 9.17) is 5.73 Å². The molecule has 14 heavy (non-hydrogen) atoms. The Kier molecular flexibility index (Phi) is 4.10. The van der Waals surface area contributed by atoms with E-state index in [1.807, 2.05) is 24.3 Å². The lowest BCUT2D eigenvalue weighted by Gasteiger charge is -2.09. The van der Waals surface area contributed by atoms with Gasteiger partial charge in [-0.25, -0.2) is 0 Å². The summed E-state index contributed by atoms with van der Waals surface area (Å²) in [4.78, 5) is 11.1. The van der Waals surface area contributed by atoms with E-state index in [0.717, 1.165) is 10.0 Å². The lowest BCUT2D eigenvalue weighted by atomic mass is 10.1. The summed E-state index contributed by atoms with van der Waals surface area (Å²) in [6.45, 7) is 0. The fraction of sp³-hybridized carbons (Fsp3) is 0.300. The lowest BCUT2D eigenvalue weighted by Crippen LogP contribution is -2.40. The SMILES string of the molecule is CNC(=O)C(N)Cc1ccc(Br)cc1. The zero-order valence-electron chi connectivity index (χ0n) is 7.96. The van der Waals surface area contributed by atoms with Crippen LogP contribution in [0.25, 0.3) is 0 Å². The fourth-order valence-corrected chi connectivity index (χ4v) is 1.42. The van der Waals surface area contributed by atoms with Crippen LogP contribution >= 0.6 is 15.9 Å². The van der Waals surface area contributed by atoms with Gasteiger partial charge in [-0.15, -0.1) is 0 Å². The Labute approximate surface area is 91.8 Å². The molecule has 0 aromatic heterocycles. The molecule has 0 radical (unpaired) electrons. The van der Waals surface area contributed by atoms with Gasteiger partial charge in [-0.05, 0) is 24.1 Å². The molecular weight excluding hydrogens is 244 g/mol. The van der Waals surface area contributed by atoms with E-state index in [1.54, 1.807) is 7.05 Å². The number of amides is 1. The predicted molar refractivity (Wildman–Crippen MR) is 59.9 cm³/mol. The molecule has 0 aliphatic rings. The monoisotopic (exact) mass is 256 g/mol. The van der Waals surface area contributed by atoms with Crippen molar-refractivity contribution >= 4 is 21.8 Å². The quantitative estimate of drug-likeness (QED) is 0.850. The smallest absolute Gasteiger partial charge is 0.237 e. The van der Waals surface area contributed by atoms with Crippen molar-refractivity contribution in [1.82, 2.24) is 5.32 Å². The Balaban J connectivity index is 2.60. The highest BCUT2D eigenvalue weighted by atomic mass is 79.9. The summed E-state index contributed by atoms with van der Waals surface area (Å²) in [5, 5.41) is 2.52. The molecule has 0 saturated carbocycles. The Hall–Kier alpha value is -0.870. The fourth-order valence-electron chi connectivity index (χ4n) is 1.15. The molecule has 0 heterocycles. The first-order chi connectivity index (χ1) is 6.63. The molecule has 1 aromatic rings. The molecule has 1 unspecified atom stereocenters. The van der Waals surface area contributed by atoms with E-state index in [0.29, 0.717) is 6.42 Å². The maximum atomic E-state index is 11.1. The lowest BCUT2D eigenvalue weighted by molar-refractivity contribution is -0.121. The summed E-state index contributed by atoms with van der Waals surface area (Å²) in [6, 6.07) is 7.30. The summed E-state index contributed by atoms with van der Waals surface area (Å²) in [6.07, 6.45) is 0.562. The van der Waals surface area contributed by atoms with Crippen molar-refractivity contribution in [3.8, 4) is 0 Å². The average Bonchev–Trinajstić information content (AvgIpc) is 2.20. The number of likely N-dealkylation sites (N-methyl/N-ethyl adjacent to an activating group) is 1. The van der Waals surface area contributed by atoms with Gasteiger partial charge in [0.05, 0.1) is 6.04 Å². The van der Waals surface area contributed by atoms with E-state index >= 15 is 0 Å². The van der Waals surface area contributed by atoms with Crippen LogP contribution in [0.3, 0.4) is 0 Å². The van der Waals surface area contributed by atoms with Crippen molar-refractivity contribution in [3.63, 3.8) is 0 Å². The maximum absolute atomic E-state index is 11.1. The molecule has 0 aliphatic carbocycles. The number of hydrogen-bond donors (Lipinski definition) is 2. The second-order valence-corrected chi connectivity index (χ2v) is 3.97. The van der Waals surface area contributed by atoms with Crippen molar-refractivity contribution in [1.29, 1.82) is 0 Å². The van der Waals surface area contributed by atoms with Crippen molar-refractivity contribution in [3.05, 3.63) is 34.3 Å². The number of carbonyl (C=O) groups excluding carboxylic acids is 1. The molecule has 1 amide bonds. The molecule has 0 bridgehead atoms. The van der Waals surface area contributed by atoms with Crippen LogP contribution in [-0.2, 0) is 11.2 Å². The van der Waals surface area contributed by atoms with Gasteiger partial charge in [-0.2, -0.15) is 0 Å². The Bertz CT molecular complexity index is 310. The van der Waals surface area contributed by atoms with Crippen LogP contribution in [0.4, 0.5) is 0 Å². The second-order valence-electron chi connectivity index (χ2n) is 3.05. The van der Waals surface area contributed by atoms with Gasteiger partial charge < -0.3 is 11.1 Å². The van der Waals surface area contributed by atoms with E-state index in [1.165, 1.54) is 0 Å². The third-order valence-corrected chi connectivity index (χ3v) is 2.48. The molecule has 1 aromatic carbocycles. The van der Waals surface area contributed by atoms with Crippen LogP contribution in [0.1, 0.15) is 5.56 Å². The Morgan fingerprint density at radius 2 is 2.07 bits per heavy atom. The molecule has 0 fully saturated rings. The molecule has 0 spiro atoms. The number of nitrogens with one attached hydrogen (secondary N) is 1. The standard InChI is InChI=1S/C10H13BrN2O/c1-13-10(14)9(12)6-7-2-4-8(11)5-3-7/h2-5,9H,6,12H2,1H3,(H,13,14). The topological polar surface area (TPSA) is 55.1 Å². The van der Waals surface area contributed by atoms with E-state index in [9.17, 15) is 4.79 Å². The number of benzene rings is 1. The predicted octanol–water partition coefficient (Wildman–Crippen LogP) is 1.06. The largest absolute Gasteiger partial charge is 0.358 e. The van der Waals surface area contributed by atoms with Gasteiger partial charge in [0, 0.05) is 11.5 Å². The van der Waals surface area contributed by atoms with Gasteiger partial charge in [0.15, 0.2) is 0 Å². The number of halogens is 1.